The lowest BCUT2D eigenvalue weighted by Crippen LogP contribution is -2.48. The Morgan fingerprint density at radius 3 is 2.88 bits per heavy atom. The summed E-state index contributed by atoms with van der Waals surface area (Å²) in [6.45, 7) is 4.07. The summed E-state index contributed by atoms with van der Waals surface area (Å²) in [6, 6.07) is 5.93. The predicted molar refractivity (Wildman–Crippen MR) is 103 cm³/mol. The Morgan fingerprint density at radius 2 is 2.12 bits per heavy atom. The maximum absolute atomic E-state index is 5.67. The molecule has 1 atom stereocenters. The molecule has 0 aromatic carbocycles. The summed E-state index contributed by atoms with van der Waals surface area (Å²) in [6.07, 6.45) is 9.77. The van der Waals surface area contributed by atoms with Gasteiger partial charge in [0.05, 0.1) is 12.1 Å². The van der Waals surface area contributed by atoms with Gasteiger partial charge in [-0.05, 0) is 50.7 Å². The zero-order valence-corrected chi connectivity index (χ0v) is 15.9. The van der Waals surface area contributed by atoms with Crippen molar-refractivity contribution in [2.45, 2.75) is 57.4 Å². The van der Waals surface area contributed by atoms with Crippen molar-refractivity contribution in [3.05, 3.63) is 35.7 Å². The van der Waals surface area contributed by atoms with Gasteiger partial charge < -0.3 is 9.64 Å². The fraction of sp³-hybridized carbons (Fsp3) is 0.571. The van der Waals surface area contributed by atoms with Gasteiger partial charge in [0, 0.05) is 31.1 Å². The second-order valence-corrected chi connectivity index (χ2v) is 7.53. The van der Waals surface area contributed by atoms with Crippen LogP contribution in [-0.4, -0.2) is 40.8 Å². The van der Waals surface area contributed by atoms with Crippen LogP contribution in [0.3, 0.4) is 0 Å². The first kappa shape index (κ1) is 17.4. The first-order valence-corrected chi connectivity index (χ1v) is 9.85. The number of aromatic nitrogens is 3. The number of rotatable bonds is 6. The highest BCUT2D eigenvalue weighted by Crippen LogP contribution is 2.41. The summed E-state index contributed by atoms with van der Waals surface area (Å²) in [5.41, 5.74) is 3.49. The minimum atomic E-state index is 0.0651. The number of methoxy groups -OCH3 is 1. The molecule has 3 heterocycles. The molecular formula is C21H28N4O. The Morgan fingerprint density at radius 1 is 1.19 bits per heavy atom. The van der Waals surface area contributed by atoms with Crippen LogP contribution in [0.4, 0.5) is 5.82 Å². The van der Waals surface area contributed by atoms with Crippen LogP contribution < -0.4 is 4.90 Å². The van der Waals surface area contributed by atoms with E-state index in [2.05, 4.69) is 16.8 Å². The van der Waals surface area contributed by atoms with E-state index in [1.54, 1.807) is 0 Å². The summed E-state index contributed by atoms with van der Waals surface area (Å²) in [5.74, 6) is 1.90. The molecule has 0 N–H and O–H groups in total. The Bertz CT molecular complexity index is 756. The minimum Gasteiger partial charge on any atom is -0.382 e. The molecule has 1 unspecified atom stereocenters. The van der Waals surface area contributed by atoms with E-state index >= 15 is 0 Å². The van der Waals surface area contributed by atoms with Crippen molar-refractivity contribution in [3.63, 3.8) is 0 Å². The average Bonchev–Trinajstić information content (AvgIpc) is 3.29. The Hall–Kier alpha value is -2.01. The van der Waals surface area contributed by atoms with Crippen molar-refractivity contribution in [3.8, 4) is 11.5 Å². The number of pyridine rings is 1. The molecule has 4 rings (SSSR count). The molecule has 5 heteroatoms. The fourth-order valence-electron chi connectivity index (χ4n) is 4.73. The SMILES string of the molecule is CCCC1(COC)CCCN1c1nc(-c2ccccn2)nc2c1CCC2. The van der Waals surface area contributed by atoms with E-state index in [9.17, 15) is 0 Å². The van der Waals surface area contributed by atoms with Crippen LogP contribution in [0.1, 0.15) is 50.3 Å². The minimum absolute atomic E-state index is 0.0651. The molecule has 5 nitrogen and oxygen atoms in total. The highest BCUT2D eigenvalue weighted by molar-refractivity contribution is 5.60. The molecule has 2 aromatic rings. The van der Waals surface area contributed by atoms with E-state index in [-0.39, 0.29) is 5.54 Å². The van der Waals surface area contributed by atoms with Crippen LogP contribution in [-0.2, 0) is 17.6 Å². The molecule has 26 heavy (non-hydrogen) atoms. The second-order valence-electron chi connectivity index (χ2n) is 7.53. The number of hydrogen-bond acceptors (Lipinski definition) is 5. The maximum atomic E-state index is 5.67. The Balaban J connectivity index is 1.81. The average molecular weight is 352 g/mol. The topological polar surface area (TPSA) is 51.1 Å². The van der Waals surface area contributed by atoms with Crippen LogP contribution in [0, 0.1) is 0 Å². The first-order chi connectivity index (χ1) is 12.8. The van der Waals surface area contributed by atoms with E-state index in [0.717, 1.165) is 56.2 Å². The smallest absolute Gasteiger partial charge is 0.180 e. The van der Waals surface area contributed by atoms with Crippen LogP contribution in [0.25, 0.3) is 11.5 Å². The number of nitrogens with zero attached hydrogens (tertiary/aromatic N) is 4. The standard InChI is InChI=1S/C21H28N4O/c1-3-11-21(15-26-2)12-7-14-25(21)20-16-8-6-10-17(16)23-19(24-20)18-9-4-5-13-22-18/h4-5,9,13H,3,6-8,10-12,14-15H2,1-2H3. The van der Waals surface area contributed by atoms with Gasteiger partial charge in [0.2, 0.25) is 0 Å². The third kappa shape index (κ3) is 2.98. The van der Waals surface area contributed by atoms with Crippen molar-refractivity contribution < 1.29 is 4.74 Å². The normalized spacial score (nSPS) is 22.0. The third-order valence-electron chi connectivity index (χ3n) is 5.79. The van der Waals surface area contributed by atoms with Gasteiger partial charge in [-0.3, -0.25) is 4.98 Å². The summed E-state index contributed by atoms with van der Waals surface area (Å²) in [7, 11) is 1.82. The monoisotopic (exact) mass is 352 g/mol. The quantitative estimate of drug-likeness (QED) is 0.791. The molecule has 0 radical (unpaired) electrons. The van der Waals surface area contributed by atoms with Gasteiger partial charge in [-0.1, -0.05) is 19.4 Å². The highest BCUT2D eigenvalue weighted by atomic mass is 16.5. The van der Waals surface area contributed by atoms with Gasteiger partial charge in [0.15, 0.2) is 5.82 Å². The lowest BCUT2D eigenvalue weighted by atomic mass is 9.91. The molecule has 1 saturated heterocycles. The fourth-order valence-corrected chi connectivity index (χ4v) is 4.73. The van der Waals surface area contributed by atoms with E-state index in [1.807, 2.05) is 31.5 Å². The molecule has 2 aromatic heterocycles. The van der Waals surface area contributed by atoms with Gasteiger partial charge in [0.25, 0.3) is 0 Å². The van der Waals surface area contributed by atoms with Gasteiger partial charge in [-0.15, -0.1) is 0 Å². The number of anilines is 1. The number of fused-ring (bicyclic) bond motifs is 1. The largest absolute Gasteiger partial charge is 0.382 e. The summed E-state index contributed by atoms with van der Waals surface area (Å²) in [5, 5.41) is 0. The summed E-state index contributed by atoms with van der Waals surface area (Å²) < 4.78 is 5.67. The second kappa shape index (κ2) is 7.31. The van der Waals surface area contributed by atoms with Gasteiger partial charge in [0.1, 0.15) is 11.5 Å². The zero-order valence-electron chi connectivity index (χ0n) is 15.9. The number of aryl methyl sites for hydroxylation is 1. The van der Waals surface area contributed by atoms with E-state index in [1.165, 1.54) is 30.5 Å². The van der Waals surface area contributed by atoms with Gasteiger partial charge in [-0.25, -0.2) is 9.97 Å². The van der Waals surface area contributed by atoms with E-state index in [4.69, 9.17) is 14.7 Å². The van der Waals surface area contributed by atoms with Crippen LogP contribution in [0.15, 0.2) is 24.4 Å². The molecule has 2 aliphatic rings. The number of ether oxygens (including phenoxy) is 1. The van der Waals surface area contributed by atoms with Gasteiger partial charge in [-0.2, -0.15) is 0 Å². The van der Waals surface area contributed by atoms with Crippen molar-refractivity contribution in [1.29, 1.82) is 0 Å². The van der Waals surface area contributed by atoms with Crippen molar-refractivity contribution in [2.75, 3.05) is 25.2 Å². The molecule has 0 saturated carbocycles. The molecule has 0 bridgehead atoms. The molecule has 1 fully saturated rings. The third-order valence-corrected chi connectivity index (χ3v) is 5.79. The molecule has 1 aliphatic carbocycles. The van der Waals surface area contributed by atoms with Crippen LogP contribution in [0.2, 0.25) is 0 Å². The Labute approximate surface area is 155 Å². The van der Waals surface area contributed by atoms with Crippen LogP contribution in [0.5, 0.6) is 0 Å². The molecule has 138 valence electrons. The van der Waals surface area contributed by atoms with Gasteiger partial charge >= 0.3 is 0 Å². The lowest BCUT2D eigenvalue weighted by molar-refractivity contribution is 0.127. The van der Waals surface area contributed by atoms with E-state index in [0.29, 0.717) is 0 Å². The highest BCUT2D eigenvalue weighted by Gasteiger charge is 2.42. The van der Waals surface area contributed by atoms with Crippen molar-refractivity contribution in [2.24, 2.45) is 0 Å². The molecule has 1 aliphatic heterocycles. The Kier molecular flexibility index (Phi) is 4.90. The van der Waals surface area contributed by atoms with E-state index < -0.39 is 0 Å². The lowest BCUT2D eigenvalue weighted by Gasteiger charge is -2.40. The maximum Gasteiger partial charge on any atom is 0.180 e. The number of hydrogen-bond donors (Lipinski definition) is 0. The summed E-state index contributed by atoms with van der Waals surface area (Å²) in [4.78, 5) is 16.9. The first-order valence-electron chi connectivity index (χ1n) is 9.85. The van der Waals surface area contributed by atoms with Crippen molar-refractivity contribution in [1.82, 2.24) is 15.0 Å². The molecular weight excluding hydrogens is 324 g/mol. The summed E-state index contributed by atoms with van der Waals surface area (Å²) >= 11 is 0. The molecule has 0 spiro atoms. The van der Waals surface area contributed by atoms with Crippen molar-refractivity contribution >= 4 is 5.82 Å². The zero-order chi connectivity index (χ0) is 18.0. The van der Waals surface area contributed by atoms with Crippen LogP contribution >= 0.6 is 0 Å². The molecule has 0 amide bonds. The predicted octanol–water partition coefficient (Wildman–Crippen LogP) is 3.81.